The van der Waals surface area contributed by atoms with Crippen LogP contribution in [0.5, 0.6) is 5.75 Å². The van der Waals surface area contributed by atoms with Crippen LogP contribution in [0.1, 0.15) is 91.2 Å². The molecule has 19 nitrogen and oxygen atoms in total. The van der Waals surface area contributed by atoms with Gasteiger partial charge in [0.1, 0.15) is 60.4 Å². The number of nitrogens with one attached hydrogen (secondary N) is 5. The van der Waals surface area contributed by atoms with Gasteiger partial charge < -0.3 is 57.1 Å². The van der Waals surface area contributed by atoms with Gasteiger partial charge in [-0.05, 0) is 87.1 Å². The van der Waals surface area contributed by atoms with Gasteiger partial charge in [-0.1, -0.05) is 70.2 Å². The lowest BCUT2D eigenvalue weighted by Gasteiger charge is -2.43. The molecule has 2 saturated heterocycles. The summed E-state index contributed by atoms with van der Waals surface area (Å²) in [5.74, 6) is -6.99. The van der Waals surface area contributed by atoms with Crippen LogP contribution in [0.2, 0.25) is 0 Å². The Balaban J connectivity index is 1.88. The van der Waals surface area contributed by atoms with Gasteiger partial charge in [-0.25, -0.2) is 4.79 Å². The van der Waals surface area contributed by atoms with Crippen molar-refractivity contribution in [3.63, 3.8) is 0 Å². The molecule has 66 heavy (non-hydrogen) atoms. The highest BCUT2D eigenvalue weighted by Crippen LogP contribution is 2.26. The molecule has 2 aliphatic rings. The Hall–Kier alpha value is -6.08. The van der Waals surface area contributed by atoms with E-state index in [0.717, 1.165) is 9.80 Å². The second-order valence-electron chi connectivity index (χ2n) is 18.0. The minimum Gasteiger partial charge on any atom is -0.508 e. The third kappa shape index (κ3) is 14.5. The molecule has 0 saturated carbocycles. The average Bonchev–Trinajstić information content (AvgIpc) is 3.26. The SMILES string of the molecule is CC(=O)NC(CC(C)C)C(=O)NC1C(=O)NC(CCCCN)C(=O)NC2CCC(O)N(C2=O)C(Cc2ccccc2)C(=O)N(C)C(Cc2ccc(O)cc2)C(=O)NC(C(C)C)C(=O)OC1C. The van der Waals surface area contributed by atoms with Crippen molar-refractivity contribution in [2.45, 2.75) is 148 Å². The Labute approximate surface area is 386 Å². The summed E-state index contributed by atoms with van der Waals surface area (Å²) in [4.78, 5) is 115. The first-order valence-corrected chi connectivity index (χ1v) is 22.7. The minimum absolute atomic E-state index is 0.0255. The van der Waals surface area contributed by atoms with Crippen molar-refractivity contribution in [2.24, 2.45) is 17.6 Å². The number of aliphatic hydroxyl groups is 1. The van der Waals surface area contributed by atoms with Crippen LogP contribution >= 0.6 is 0 Å². The van der Waals surface area contributed by atoms with Crippen LogP contribution < -0.4 is 32.3 Å². The van der Waals surface area contributed by atoms with Crippen molar-refractivity contribution in [3.05, 3.63) is 65.7 Å². The molecule has 0 aromatic heterocycles. The number of hydrogen-bond acceptors (Lipinski definition) is 12. The number of phenolic OH excluding ortho intramolecular Hbond substituents is 1. The molecule has 9 N–H and O–H groups in total. The molecule has 9 unspecified atom stereocenters. The number of phenols is 1. The third-order valence-electron chi connectivity index (χ3n) is 11.8. The molecule has 9 atom stereocenters. The normalized spacial score (nSPS) is 25.4. The zero-order valence-electron chi connectivity index (χ0n) is 39.0. The maximum absolute atomic E-state index is 15.0. The number of likely N-dealkylation sites (N-methyl/N-ethyl adjacent to an activating group) is 1. The second kappa shape index (κ2) is 24.4. The van der Waals surface area contributed by atoms with Crippen molar-refractivity contribution in [3.8, 4) is 5.75 Å². The Kier molecular flexibility index (Phi) is 19.5. The predicted octanol–water partition coefficient (Wildman–Crippen LogP) is 0.534. The van der Waals surface area contributed by atoms with Gasteiger partial charge in [0.2, 0.25) is 41.4 Å². The number of ether oxygens (including phenoxy) is 1. The highest BCUT2D eigenvalue weighted by Gasteiger charge is 2.46. The van der Waals surface area contributed by atoms with Gasteiger partial charge in [-0.15, -0.1) is 0 Å². The smallest absolute Gasteiger partial charge is 0.329 e. The molecule has 19 heteroatoms. The van der Waals surface area contributed by atoms with Gasteiger partial charge in [0.05, 0.1) is 0 Å². The fraction of sp³-hybridized carbons (Fsp3) is 0.574. The van der Waals surface area contributed by atoms with Gasteiger partial charge in [0.25, 0.3) is 0 Å². The van der Waals surface area contributed by atoms with E-state index in [4.69, 9.17) is 10.5 Å². The van der Waals surface area contributed by atoms with Gasteiger partial charge >= 0.3 is 5.97 Å². The lowest BCUT2D eigenvalue weighted by molar-refractivity contribution is -0.165. The number of amides is 7. The van der Waals surface area contributed by atoms with E-state index in [0.29, 0.717) is 24.0 Å². The van der Waals surface area contributed by atoms with Crippen molar-refractivity contribution in [1.82, 2.24) is 36.4 Å². The number of rotatable bonds is 14. The molecule has 2 bridgehead atoms. The van der Waals surface area contributed by atoms with Crippen LogP contribution in [0.4, 0.5) is 0 Å². The van der Waals surface area contributed by atoms with Gasteiger partial charge in [0, 0.05) is 26.8 Å². The number of hydrogen-bond donors (Lipinski definition) is 8. The van der Waals surface area contributed by atoms with Crippen LogP contribution in [0.25, 0.3) is 0 Å². The maximum atomic E-state index is 15.0. The van der Waals surface area contributed by atoms with Crippen LogP contribution in [0.15, 0.2) is 54.6 Å². The van der Waals surface area contributed by atoms with E-state index >= 15 is 0 Å². The molecule has 2 aromatic carbocycles. The fourth-order valence-corrected chi connectivity index (χ4v) is 8.16. The number of carbonyl (C=O) groups excluding carboxylic acids is 8. The quantitative estimate of drug-likeness (QED) is 0.0953. The monoisotopic (exact) mass is 921 g/mol. The van der Waals surface area contributed by atoms with Crippen molar-refractivity contribution in [1.29, 1.82) is 0 Å². The summed E-state index contributed by atoms with van der Waals surface area (Å²) in [6.45, 7) is 9.84. The largest absolute Gasteiger partial charge is 0.508 e. The molecule has 2 fully saturated rings. The van der Waals surface area contributed by atoms with E-state index in [2.05, 4.69) is 26.6 Å². The Bertz CT molecular complexity index is 2020. The number of piperidine rings is 1. The van der Waals surface area contributed by atoms with E-state index in [-0.39, 0.29) is 56.7 Å². The molecule has 362 valence electrons. The van der Waals surface area contributed by atoms with Crippen molar-refractivity contribution < 1.29 is 53.3 Å². The zero-order chi connectivity index (χ0) is 48.8. The molecule has 4 rings (SSSR count). The average molecular weight is 921 g/mol. The maximum Gasteiger partial charge on any atom is 0.329 e. The van der Waals surface area contributed by atoms with E-state index in [1.807, 2.05) is 13.8 Å². The number of esters is 1. The lowest BCUT2D eigenvalue weighted by Crippen LogP contribution is -2.65. The summed E-state index contributed by atoms with van der Waals surface area (Å²) in [5.41, 5.74) is 6.93. The summed E-state index contributed by atoms with van der Waals surface area (Å²) in [7, 11) is 1.38. The zero-order valence-corrected chi connectivity index (χ0v) is 39.0. The number of aliphatic hydroxyl groups excluding tert-OH is 1. The number of unbranched alkanes of at least 4 members (excludes halogenated alkanes) is 1. The molecule has 0 radical (unpaired) electrons. The van der Waals surface area contributed by atoms with E-state index in [1.165, 1.54) is 33.0 Å². The fourth-order valence-electron chi connectivity index (χ4n) is 8.16. The number of nitrogens with zero attached hydrogens (tertiary/aromatic N) is 2. The van der Waals surface area contributed by atoms with Crippen molar-refractivity contribution in [2.75, 3.05) is 13.6 Å². The summed E-state index contributed by atoms with van der Waals surface area (Å²) in [6.07, 6.45) is -2.13. The van der Waals surface area contributed by atoms with E-state index < -0.39 is 108 Å². The van der Waals surface area contributed by atoms with Gasteiger partial charge in [-0.2, -0.15) is 0 Å². The molecule has 2 aliphatic heterocycles. The molecule has 0 spiro atoms. The number of benzene rings is 2. The van der Waals surface area contributed by atoms with Crippen LogP contribution in [0, 0.1) is 11.8 Å². The Morgan fingerprint density at radius 3 is 2.08 bits per heavy atom. The summed E-state index contributed by atoms with van der Waals surface area (Å²) in [5, 5.41) is 34.9. The molecule has 7 amide bonds. The lowest BCUT2D eigenvalue weighted by atomic mass is 9.95. The number of cyclic esters (lactones) is 1. The first kappa shape index (κ1) is 52.5. The second-order valence-corrected chi connectivity index (χ2v) is 18.0. The highest BCUT2D eigenvalue weighted by molar-refractivity contribution is 5.98. The Morgan fingerprint density at radius 2 is 1.47 bits per heavy atom. The van der Waals surface area contributed by atoms with E-state index in [1.54, 1.807) is 56.3 Å². The minimum atomic E-state index is -1.65. The first-order chi connectivity index (χ1) is 31.2. The van der Waals surface area contributed by atoms with Crippen molar-refractivity contribution >= 4 is 47.3 Å². The molecule has 2 aromatic rings. The van der Waals surface area contributed by atoms with Crippen LogP contribution in [-0.2, 0) is 55.9 Å². The highest BCUT2D eigenvalue weighted by atomic mass is 16.5. The predicted molar refractivity (Wildman–Crippen MR) is 242 cm³/mol. The van der Waals surface area contributed by atoms with E-state index in [9.17, 15) is 48.6 Å². The standard InChI is InChI=1S/C47H68N8O11/c1-26(2)23-35(49-29(6)56)42(60)53-40-28(5)66-47(65)39(27(3)4)52-43(61)36(24-31-16-18-32(57)19-17-31)54(7)46(64)37(25-30-13-9-8-10-14-30)55-38(58)21-20-34(45(55)63)51-41(59)33(50-44(40)62)15-11-12-22-48/h8-10,13-14,16-19,26-28,33-40,57-58H,11-12,15,20-25,48H2,1-7H3,(H,49,56)(H,50,62)(H,51,59)(H,52,61)(H,53,60). The number of carbonyl (C=O) groups is 8. The summed E-state index contributed by atoms with van der Waals surface area (Å²) < 4.78 is 5.88. The number of fused-ring (bicyclic) bond motifs is 2. The molecule has 2 heterocycles. The van der Waals surface area contributed by atoms with Gasteiger partial charge in [-0.3, -0.25) is 33.6 Å². The molecule has 0 aliphatic carbocycles. The number of aromatic hydroxyl groups is 1. The van der Waals surface area contributed by atoms with Crippen LogP contribution in [-0.4, -0.2) is 136 Å². The summed E-state index contributed by atoms with van der Waals surface area (Å²) in [6, 6.07) is 5.31. The topological polar surface area (TPSA) is 279 Å². The van der Waals surface area contributed by atoms with Gasteiger partial charge in [0.15, 0.2) is 0 Å². The number of nitrogens with two attached hydrogens (primary N) is 1. The van der Waals surface area contributed by atoms with Crippen LogP contribution in [0.3, 0.4) is 0 Å². The first-order valence-electron chi connectivity index (χ1n) is 22.7. The Morgan fingerprint density at radius 1 is 0.833 bits per heavy atom. The molecular formula is C47H68N8O11. The summed E-state index contributed by atoms with van der Waals surface area (Å²) >= 11 is 0. The molecular weight excluding hydrogens is 853 g/mol. The third-order valence-corrected chi connectivity index (χ3v) is 11.8.